The van der Waals surface area contributed by atoms with Crippen molar-refractivity contribution in [3.05, 3.63) is 33.4 Å². The van der Waals surface area contributed by atoms with Crippen LogP contribution in [0.1, 0.15) is 58.6 Å². The average Bonchev–Trinajstić information content (AvgIpc) is 2.36. The third-order valence-corrected chi connectivity index (χ3v) is 3.54. The summed E-state index contributed by atoms with van der Waals surface area (Å²) in [7, 11) is 0. The van der Waals surface area contributed by atoms with E-state index in [4.69, 9.17) is 0 Å². The Balaban J connectivity index is 3.59. The fraction of sp³-hybridized carbons (Fsp3) is 0.647. The fourth-order valence-electron chi connectivity index (χ4n) is 2.68. The lowest BCUT2D eigenvalue weighted by atomic mass is 9.84. The standard InChI is InChI=1S/C17H28N2O2/c1-7-9-18(10-8-2)16-14(17(4,5)6)11-13(3)12-15(16)19(20)21/h11-12H,7-10H2,1-6H3. The summed E-state index contributed by atoms with van der Waals surface area (Å²) in [5.41, 5.74) is 2.94. The van der Waals surface area contributed by atoms with Crippen molar-refractivity contribution in [2.24, 2.45) is 0 Å². The van der Waals surface area contributed by atoms with Crippen LogP contribution in [-0.2, 0) is 5.41 Å². The van der Waals surface area contributed by atoms with E-state index >= 15 is 0 Å². The first kappa shape index (κ1) is 17.5. The van der Waals surface area contributed by atoms with Crippen molar-refractivity contribution < 1.29 is 4.92 Å². The second-order valence-corrected chi connectivity index (χ2v) is 6.67. The highest BCUT2D eigenvalue weighted by Crippen LogP contribution is 2.40. The van der Waals surface area contributed by atoms with Crippen LogP contribution in [0.5, 0.6) is 0 Å². The highest BCUT2D eigenvalue weighted by Gasteiger charge is 2.29. The van der Waals surface area contributed by atoms with Gasteiger partial charge in [-0.2, -0.15) is 0 Å². The number of rotatable bonds is 6. The number of benzene rings is 1. The molecule has 0 fully saturated rings. The Labute approximate surface area is 128 Å². The van der Waals surface area contributed by atoms with Gasteiger partial charge in [0.25, 0.3) is 5.69 Å². The van der Waals surface area contributed by atoms with E-state index in [1.807, 2.05) is 6.92 Å². The molecule has 0 spiro atoms. The maximum atomic E-state index is 11.5. The van der Waals surface area contributed by atoms with Crippen molar-refractivity contribution in [1.29, 1.82) is 0 Å². The third kappa shape index (κ3) is 4.19. The molecule has 0 heterocycles. The predicted molar refractivity (Wildman–Crippen MR) is 89.3 cm³/mol. The monoisotopic (exact) mass is 292 g/mol. The molecule has 1 aromatic carbocycles. The van der Waals surface area contributed by atoms with Crippen molar-refractivity contribution in [1.82, 2.24) is 0 Å². The van der Waals surface area contributed by atoms with E-state index in [-0.39, 0.29) is 16.0 Å². The molecule has 0 aliphatic carbocycles. The molecule has 0 saturated heterocycles. The van der Waals surface area contributed by atoms with Crippen molar-refractivity contribution >= 4 is 11.4 Å². The summed E-state index contributed by atoms with van der Waals surface area (Å²) >= 11 is 0. The largest absolute Gasteiger partial charge is 0.366 e. The van der Waals surface area contributed by atoms with Gasteiger partial charge in [-0.25, -0.2) is 0 Å². The number of nitro benzene ring substituents is 1. The minimum atomic E-state index is -0.240. The van der Waals surface area contributed by atoms with E-state index in [9.17, 15) is 10.1 Å². The molecule has 1 rings (SSSR count). The third-order valence-electron chi connectivity index (χ3n) is 3.54. The molecule has 4 heteroatoms. The first-order chi connectivity index (χ1) is 9.72. The SMILES string of the molecule is CCCN(CCC)c1c([N+](=O)[O-])cc(C)cc1C(C)(C)C. The van der Waals surface area contributed by atoms with Gasteiger partial charge in [-0.15, -0.1) is 0 Å². The van der Waals surface area contributed by atoms with Gasteiger partial charge in [0.1, 0.15) is 5.69 Å². The summed E-state index contributed by atoms with van der Waals surface area (Å²) in [5.74, 6) is 0. The van der Waals surface area contributed by atoms with Crippen LogP contribution in [0, 0.1) is 17.0 Å². The second-order valence-electron chi connectivity index (χ2n) is 6.67. The molecule has 1 aromatic rings. The second kappa shape index (κ2) is 6.92. The maximum absolute atomic E-state index is 11.5. The quantitative estimate of drug-likeness (QED) is 0.557. The van der Waals surface area contributed by atoms with Crippen LogP contribution < -0.4 is 4.90 Å². The molecule has 0 N–H and O–H groups in total. The first-order valence-corrected chi connectivity index (χ1v) is 7.76. The van der Waals surface area contributed by atoms with E-state index in [1.54, 1.807) is 6.07 Å². The number of anilines is 1. The minimum absolute atomic E-state index is 0.119. The molecule has 21 heavy (non-hydrogen) atoms. The highest BCUT2D eigenvalue weighted by molar-refractivity contribution is 5.71. The van der Waals surface area contributed by atoms with Gasteiger partial charge in [0.05, 0.1) is 4.92 Å². The summed E-state index contributed by atoms with van der Waals surface area (Å²) in [6.07, 6.45) is 1.96. The summed E-state index contributed by atoms with van der Waals surface area (Å²) in [6, 6.07) is 3.80. The Morgan fingerprint density at radius 2 is 1.67 bits per heavy atom. The molecule has 0 amide bonds. The summed E-state index contributed by atoms with van der Waals surface area (Å²) < 4.78 is 0. The molecule has 0 bridgehead atoms. The van der Waals surface area contributed by atoms with E-state index in [0.717, 1.165) is 42.7 Å². The van der Waals surface area contributed by atoms with Crippen molar-refractivity contribution in [3.8, 4) is 0 Å². The Morgan fingerprint density at radius 3 is 2.05 bits per heavy atom. The van der Waals surface area contributed by atoms with Gasteiger partial charge in [0.15, 0.2) is 0 Å². The van der Waals surface area contributed by atoms with Crippen LogP contribution in [0.15, 0.2) is 12.1 Å². The lowest BCUT2D eigenvalue weighted by Crippen LogP contribution is -2.29. The van der Waals surface area contributed by atoms with Crippen molar-refractivity contribution in [2.75, 3.05) is 18.0 Å². The zero-order chi connectivity index (χ0) is 16.2. The van der Waals surface area contributed by atoms with E-state index < -0.39 is 0 Å². The highest BCUT2D eigenvalue weighted by atomic mass is 16.6. The van der Waals surface area contributed by atoms with Gasteiger partial charge in [0.2, 0.25) is 0 Å². The van der Waals surface area contributed by atoms with Gasteiger partial charge < -0.3 is 4.90 Å². The van der Waals surface area contributed by atoms with Crippen LogP contribution in [0.25, 0.3) is 0 Å². The van der Waals surface area contributed by atoms with Crippen LogP contribution in [0.4, 0.5) is 11.4 Å². The van der Waals surface area contributed by atoms with Crippen LogP contribution in [0.2, 0.25) is 0 Å². The molecular weight excluding hydrogens is 264 g/mol. The average molecular weight is 292 g/mol. The lowest BCUT2D eigenvalue weighted by molar-refractivity contribution is -0.384. The zero-order valence-corrected chi connectivity index (χ0v) is 14.2. The molecule has 0 aliphatic heterocycles. The van der Waals surface area contributed by atoms with Gasteiger partial charge >= 0.3 is 0 Å². The smallest absolute Gasteiger partial charge is 0.293 e. The Hall–Kier alpha value is -1.58. The van der Waals surface area contributed by atoms with Crippen LogP contribution in [-0.4, -0.2) is 18.0 Å². The van der Waals surface area contributed by atoms with E-state index in [0.29, 0.717) is 0 Å². The minimum Gasteiger partial charge on any atom is -0.366 e. The summed E-state index contributed by atoms with van der Waals surface area (Å²) in [6.45, 7) is 14.2. The number of nitrogens with zero attached hydrogens (tertiary/aromatic N) is 2. The summed E-state index contributed by atoms with van der Waals surface area (Å²) in [5, 5.41) is 11.5. The Morgan fingerprint density at radius 1 is 1.14 bits per heavy atom. The number of nitro groups is 1. The Kier molecular flexibility index (Phi) is 5.76. The van der Waals surface area contributed by atoms with E-state index in [2.05, 4.69) is 45.6 Å². The molecule has 0 aliphatic rings. The Bertz CT molecular complexity index is 498. The van der Waals surface area contributed by atoms with Crippen LogP contribution in [0.3, 0.4) is 0 Å². The lowest BCUT2D eigenvalue weighted by Gasteiger charge is -2.31. The first-order valence-electron chi connectivity index (χ1n) is 7.76. The van der Waals surface area contributed by atoms with E-state index in [1.165, 1.54) is 0 Å². The predicted octanol–water partition coefficient (Wildman–Crippen LogP) is 4.83. The molecule has 0 aromatic heterocycles. The summed E-state index contributed by atoms with van der Waals surface area (Å²) in [4.78, 5) is 13.5. The van der Waals surface area contributed by atoms with Gasteiger partial charge in [-0.05, 0) is 36.3 Å². The van der Waals surface area contributed by atoms with Gasteiger partial charge in [-0.1, -0.05) is 40.7 Å². The number of hydrogen-bond donors (Lipinski definition) is 0. The fourth-order valence-corrected chi connectivity index (χ4v) is 2.68. The van der Waals surface area contributed by atoms with Gasteiger partial charge in [0, 0.05) is 19.2 Å². The molecule has 4 nitrogen and oxygen atoms in total. The molecular formula is C17H28N2O2. The number of hydrogen-bond acceptors (Lipinski definition) is 3. The molecule has 0 atom stereocenters. The molecule has 118 valence electrons. The van der Waals surface area contributed by atoms with Gasteiger partial charge in [-0.3, -0.25) is 10.1 Å². The zero-order valence-electron chi connectivity index (χ0n) is 14.2. The maximum Gasteiger partial charge on any atom is 0.293 e. The van der Waals surface area contributed by atoms with Crippen molar-refractivity contribution in [2.45, 2.75) is 59.8 Å². The number of aryl methyl sites for hydroxylation is 1. The van der Waals surface area contributed by atoms with Crippen molar-refractivity contribution in [3.63, 3.8) is 0 Å². The van der Waals surface area contributed by atoms with Crippen LogP contribution >= 0.6 is 0 Å². The molecule has 0 radical (unpaired) electrons. The molecule has 0 unspecified atom stereocenters. The molecule has 0 saturated carbocycles. The topological polar surface area (TPSA) is 46.4 Å². The normalized spacial score (nSPS) is 11.5.